The number of ether oxygens (including phenoxy) is 1. The lowest BCUT2D eigenvalue weighted by molar-refractivity contribution is -0.147. The van der Waals surface area contributed by atoms with Crippen molar-refractivity contribution < 1.29 is 82.4 Å². The molecular formula is C55H85N15O17. The molecule has 0 radical (unpaired) electrons. The number of hydrogen-bond acceptors (Lipinski definition) is 19. The Balaban J connectivity index is 1.89. The number of aromatic amines is 1. The Labute approximate surface area is 502 Å². The summed E-state index contributed by atoms with van der Waals surface area (Å²) in [6.07, 6.45) is 5.04. The minimum absolute atomic E-state index is 0.00709. The highest BCUT2D eigenvalue weighted by Gasteiger charge is 2.41. The SMILES string of the molecule is CCCCCCCC(=O)OCC(NC(=O)[C@H](CO)NC(=O)CN)C(=O)N[C@@H](Cc1ccccc1)C(=O)N[C@@H](CCCCN)C(=O)N[C@@H](CO)C(=O)N1CCC[C@H]1C(=O)N[C@@H](CCC(=O)O)C(=O)N[C@@H](Cc1cnc[nH]1)C(=O)N[C@@H](CCC(N)=O)C(N)=O. The van der Waals surface area contributed by atoms with Crippen LogP contribution in [0.3, 0.4) is 0 Å². The largest absolute Gasteiger partial charge is 0.481 e. The summed E-state index contributed by atoms with van der Waals surface area (Å²) in [6, 6.07) is -5.69. The molecule has 1 aromatic carbocycles. The van der Waals surface area contributed by atoms with E-state index in [2.05, 4.69) is 52.5 Å². The van der Waals surface area contributed by atoms with Gasteiger partial charge in [-0.05, 0) is 63.5 Å². The Bertz CT molecular complexity index is 2610. The summed E-state index contributed by atoms with van der Waals surface area (Å²) in [6.45, 7) is -1.13. The lowest BCUT2D eigenvalue weighted by Gasteiger charge is -2.30. The molecule has 1 fully saturated rings. The fraction of sp³-hybridized carbons (Fsp3) is 0.600. The number of carboxylic acids is 1. The summed E-state index contributed by atoms with van der Waals surface area (Å²) in [7, 11) is 0. The number of H-pyrrole nitrogens is 1. The number of esters is 1. The van der Waals surface area contributed by atoms with Crippen molar-refractivity contribution in [3.63, 3.8) is 0 Å². The van der Waals surface area contributed by atoms with Crippen LogP contribution in [0.5, 0.6) is 0 Å². The van der Waals surface area contributed by atoms with Gasteiger partial charge in [0.1, 0.15) is 61.0 Å². The van der Waals surface area contributed by atoms with Crippen molar-refractivity contribution in [2.24, 2.45) is 22.9 Å². The topological polar surface area (TPSA) is 524 Å². The standard InChI is InChI=1S/C55H85N15O17/c1-2-3-4-5-9-17-46(77)87-30-41(69-52(83)39(28-71)62-44(74)26-57)53(84)66-37(24-32-13-7-6-8-14-32)50(81)64-35(15-10-11-22-56)48(79)68-40(29-72)55(86)70-23-12-16-42(70)54(85)65-36(19-21-45(75)76)49(80)67-38(25-33-27-60-31-61-33)51(82)63-34(47(59)78)18-20-43(58)73/h6-8,13-14,27,31,34-42,71-72H,2-5,9-12,15-26,28-30,56-57H2,1H3,(H2,58,73)(H2,59,78)(H,60,61)(H,62,74)(H,63,82)(H,64,81)(H,65,85)(H,66,84)(H,67,80)(H,68,79)(H,69,83)(H,75,76)/t34-,35-,36-,37-,38-,39-,40-,41?,42-/m0/s1. The molecule has 9 atom stereocenters. The molecule has 1 unspecified atom stereocenters. The van der Waals surface area contributed by atoms with E-state index in [9.17, 15) is 77.6 Å². The van der Waals surface area contributed by atoms with Gasteiger partial charge in [0.05, 0.1) is 26.1 Å². The zero-order chi connectivity index (χ0) is 64.4. The van der Waals surface area contributed by atoms with Crippen molar-refractivity contribution in [3.05, 3.63) is 54.1 Å². The number of amides is 11. The maximum absolute atomic E-state index is 14.5. The van der Waals surface area contributed by atoms with Gasteiger partial charge in [0.2, 0.25) is 65.0 Å². The van der Waals surface area contributed by atoms with Gasteiger partial charge in [0.25, 0.3) is 0 Å². The molecule has 11 amide bonds. The van der Waals surface area contributed by atoms with Gasteiger partial charge in [-0.3, -0.25) is 62.3 Å². The van der Waals surface area contributed by atoms with Gasteiger partial charge in [0, 0.05) is 50.5 Å². The molecule has 1 saturated heterocycles. The highest BCUT2D eigenvalue weighted by atomic mass is 16.5. The smallest absolute Gasteiger partial charge is 0.305 e. The number of primary amides is 2. The van der Waals surface area contributed by atoms with E-state index < -0.39 is 171 Å². The summed E-state index contributed by atoms with van der Waals surface area (Å²) in [4.78, 5) is 180. The second-order valence-electron chi connectivity index (χ2n) is 20.7. The summed E-state index contributed by atoms with van der Waals surface area (Å²) >= 11 is 0. The number of nitrogens with one attached hydrogen (secondary N) is 9. The minimum Gasteiger partial charge on any atom is -0.481 e. The maximum Gasteiger partial charge on any atom is 0.305 e. The number of rotatable bonds is 42. The van der Waals surface area contributed by atoms with E-state index >= 15 is 0 Å². The highest BCUT2D eigenvalue weighted by molar-refractivity contribution is 5.99. The molecule has 1 aliphatic heterocycles. The highest BCUT2D eigenvalue weighted by Crippen LogP contribution is 2.20. The van der Waals surface area contributed by atoms with E-state index in [0.29, 0.717) is 24.1 Å². The number of imidazole rings is 1. The monoisotopic (exact) mass is 1230 g/mol. The molecule has 2 heterocycles. The van der Waals surface area contributed by atoms with Crippen molar-refractivity contribution in [1.29, 1.82) is 0 Å². The normalized spacial score (nSPS) is 15.5. The van der Waals surface area contributed by atoms with Gasteiger partial charge < -0.3 is 95.4 Å². The summed E-state index contributed by atoms with van der Waals surface area (Å²) < 4.78 is 5.39. The number of aliphatic hydroxyl groups is 2. The molecule has 0 saturated carbocycles. The Morgan fingerprint density at radius 3 is 1.78 bits per heavy atom. The van der Waals surface area contributed by atoms with E-state index in [4.69, 9.17) is 27.7 Å². The Kier molecular flexibility index (Phi) is 32.7. The average molecular weight is 1230 g/mol. The number of hydrogen-bond donors (Lipinski definition) is 16. The number of aromatic nitrogens is 2. The number of unbranched alkanes of at least 4 members (excludes halogenated alkanes) is 5. The molecule has 3 rings (SSSR count). The molecule has 32 heteroatoms. The van der Waals surface area contributed by atoms with Crippen molar-refractivity contribution in [2.45, 2.75) is 170 Å². The van der Waals surface area contributed by atoms with Crippen LogP contribution < -0.4 is 65.5 Å². The fourth-order valence-corrected chi connectivity index (χ4v) is 9.10. The van der Waals surface area contributed by atoms with E-state index in [1.165, 1.54) is 12.5 Å². The minimum atomic E-state index is -1.75. The van der Waals surface area contributed by atoms with Crippen molar-refractivity contribution >= 4 is 76.9 Å². The van der Waals surface area contributed by atoms with Crippen molar-refractivity contribution in [2.75, 3.05) is 39.5 Å². The number of nitrogens with zero attached hydrogens (tertiary/aromatic N) is 2. The summed E-state index contributed by atoms with van der Waals surface area (Å²) in [5, 5.41) is 49.6. The lowest BCUT2D eigenvalue weighted by Crippen LogP contribution is -2.61. The number of likely N-dealkylation sites (tertiary alicyclic amines) is 1. The quantitative estimate of drug-likeness (QED) is 0.0218. The molecule has 1 aliphatic rings. The van der Waals surface area contributed by atoms with E-state index in [0.717, 1.165) is 30.6 Å². The van der Waals surface area contributed by atoms with Crippen LogP contribution in [0.4, 0.5) is 0 Å². The number of aliphatic carboxylic acids is 1. The Morgan fingerprint density at radius 2 is 1.20 bits per heavy atom. The van der Waals surface area contributed by atoms with Crippen molar-refractivity contribution in [3.8, 4) is 0 Å². The first-order valence-corrected chi connectivity index (χ1v) is 28.9. The lowest BCUT2D eigenvalue weighted by atomic mass is 10.0. The second-order valence-corrected chi connectivity index (χ2v) is 20.7. The zero-order valence-electron chi connectivity index (χ0n) is 48.8. The number of aliphatic hydroxyl groups excluding tert-OH is 2. The number of benzene rings is 1. The number of carbonyl (C=O) groups is 13. The van der Waals surface area contributed by atoms with Gasteiger partial charge in [-0.25, -0.2) is 4.98 Å². The van der Waals surface area contributed by atoms with Gasteiger partial charge in [-0.1, -0.05) is 62.9 Å². The predicted octanol–water partition coefficient (Wildman–Crippen LogP) is -5.34. The first kappa shape index (κ1) is 72.6. The third kappa shape index (κ3) is 26.3. The number of carbonyl (C=O) groups excluding carboxylic acids is 12. The van der Waals surface area contributed by atoms with Gasteiger partial charge in [-0.2, -0.15) is 0 Å². The third-order valence-corrected chi connectivity index (χ3v) is 13.9. The summed E-state index contributed by atoms with van der Waals surface area (Å²) in [5.41, 5.74) is 22.6. The van der Waals surface area contributed by atoms with Gasteiger partial charge in [-0.15, -0.1) is 0 Å². The molecule has 1 aromatic heterocycles. The second kappa shape index (κ2) is 39.2. The van der Waals surface area contributed by atoms with Crippen LogP contribution in [0.2, 0.25) is 0 Å². The summed E-state index contributed by atoms with van der Waals surface area (Å²) in [5.74, 6) is -12.7. The first-order valence-electron chi connectivity index (χ1n) is 28.9. The zero-order valence-corrected chi connectivity index (χ0v) is 48.8. The van der Waals surface area contributed by atoms with E-state index in [1.54, 1.807) is 30.3 Å². The fourth-order valence-electron chi connectivity index (χ4n) is 9.10. The molecule has 20 N–H and O–H groups in total. The number of carboxylic acid groups (broad SMARTS) is 1. The van der Waals surface area contributed by atoms with Gasteiger partial charge >= 0.3 is 11.9 Å². The van der Waals surface area contributed by atoms with Crippen LogP contribution in [-0.4, -0.2) is 201 Å². The molecule has 2 aromatic rings. The maximum atomic E-state index is 14.5. The Hall–Kier alpha value is -8.62. The molecule has 0 aliphatic carbocycles. The number of nitrogens with two attached hydrogens (primary N) is 4. The van der Waals surface area contributed by atoms with E-state index in [-0.39, 0.29) is 70.9 Å². The van der Waals surface area contributed by atoms with Crippen LogP contribution in [0.15, 0.2) is 42.9 Å². The van der Waals surface area contributed by atoms with Crippen LogP contribution in [0.1, 0.15) is 114 Å². The van der Waals surface area contributed by atoms with Gasteiger partial charge in [0.15, 0.2) is 0 Å². The Morgan fingerprint density at radius 1 is 0.632 bits per heavy atom. The molecular weight excluding hydrogens is 1140 g/mol. The molecule has 32 nitrogen and oxygen atoms in total. The van der Waals surface area contributed by atoms with Crippen LogP contribution in [-0.2, 0) is 79.9 Å². The van der Waals surface area contributed by atoms with Crippen LogP contribution in [0.25, 0.3) is 0 Å². The van der Waals surface area contributed by atoms with Crippen LogP contribution >= 0.6 is 0 Å². The van der Waals surface area contributed by atoms with E-state index in [1.807, 2.05) is 6.92 Å². The molecule has 0 bridgehead atoms. The van der Waals surface area contributed by atoms with Crippen molar-refractivity contribution in [1.82, 2.24) is 57.4 Å². The molecule has 87 heavy (non-hydrogen) atoms. The molecule has 0 spiro atoms. The average Bonchev–Trinajstić information content (AvgIpc) is 3.14. The predicted molar refractivity (Wildman–Crippen MR) is 308 cm³/mol. The van der Waals surface area contributed by atoms with Crippen LogP contribution in [0, 0.1) is 0 Å². The molecule has 482 valence electrons. The third-order valence-electron chi connectivity index (χ3n) is 13.9. The first-order chi connectivity index (χ1) is 41.5.